The Morgan fingerprint density at radius 3 is 2.77 bits per heavy atom. The maximum atomic E-state index is 13.1. The highest BCUT2D eigenvalue weighted by atomic mass is 16.3. The lowest BCUT2D eigenvalue weighted by Gasteiger charge is -2.15. The molecule has 6 nitrogen and oxygen atoms in total. The summed E-state index contributed by atoms with van der Waals surface area (Å²) in [6, 6.07) is 19.0. The molecule has 0 spiro atoms. The number of carbonyl (C=O) groups is 2. The fourth-order valence-electron chi connectivity index (χ4n) is 4.08. The van der Waals surface area contributed by atoms with Crippen molar-refractivity contribution in [3.8, 4) is 11.5 Å². The maximum Gasteiger partial charge on any atom is 0.252 e. The summed E-state index contributed by atoms with van der Waals surface area (Å²) in [6.07, 6.45) is 2.42. The van der Waals surface area contributed by atoms with E-state index in [4.69, 9.17) is 4.42 Å². The number of amides is 2. The molecule has 0 saturated heterocycles. The highest BCUT2D eigenvalue weighted by Crippen LogP contribution is 2.29. The monoisotopic (exact) mass is 411 g/mol. The summed E-state index contributed by atoms with van der Waals surface area (Å²) in [5.41, 5.74) is 5.02. The molecule has 0 unspecified atom stereocenters. The van der Waals surface area contributed by atoms with Gasteiger partial charge < -0.3 is 14.6 Å². The third-order valence-electron chi connectivity index (χ3n) is 5.61. The summed E-state index contributed by atoms with van der Waals surface area (Å²) >= 11 is 0. The van der Waals surface area contributed by atoms with Gasteiger partial charge in [-0.3, -0.25) is 9.59 Å². The normalized spacial score (nSPS) is 12.7. The topological polar surface area (TPSA) is 75.4 Å². The third kappa shape index (κ3) is 3.57. The molecule has 6 heteroatoms. The van der Waals surface area contributed by atoms with Crippen LogP contribution in [-0.2, 0) is 17.8 Å². The van der Waals surface area contributed by atoms with Crippen molar-refractivity contribution in [1.29, 1.82) is 0 Å². The molecule has 0 radical (unpaired) electrons. The van der Waals surface area contributed by atoms with Gasteiger partial charge in [-0.25, -0.2) is 4.98 Å². The van der Waals surface area contributed by atoms with Crippen LogP contribution in [0.5, 0.6) is 0 Å². The maximum absolute atomic E-state index is 13.1. The lowest BCUT2D eigenvalue weighted by molar-refractivity contribution is -0.116. The Hall–Kier alpha value is -3.93. The van der Waals surface area contributed by atoms with Gasteiger partial charge in [0.15, 0.2) is 5.76 Å². The van der Waals surface area contributed by atoms with Gasteiger partial charge in [-0.2, -0.15) is 0 Å². The van der Waals surface area contributed by atoms with Crippen molar-refractivity contribution in [3.63, 3.8) is 0 Å². The molecule has 1 aliphatic heterocycles. The van der Waals surface area contributed by atoms with E-state index in [0.717, 1.165) is 34.1 Å². The summed E-state index contributed by atoms with van der Waals surface area (Å²) in [6.45, 7) is 2.69. The van der Waals surface area contributed by atoms with Crippen molar-refractivity contribution < 1.29 is 14.0 Å². The molecule has 31 heavy (non-hydrogen) atoms. The Kier molecular flexibility index (Phi) is 4.75. The number of aromatic nitrogens is 1. The van der Waals surface area contributed by atoms with Gasteiger partial charge in [-0.1, -0.05) is 30.3 Å². The van der Waals surface area contributed by atoms with Crippen LogP contribution in [0.1, 0.15) is 28.4 Å². The Labute approximate surface area is 179 Å². The minimum Gasteiger partial charge on any atom is -0.463 e. The predicted molar refractivity (Wildman–Crippen MR) is 119 cm³/mol. The first-order valence-corrected chi connectivity index (χ1v) is 10.2. The zero-order chi connectivity index (χ0) is 21.4. The van der Waals surface area contributed by atoms with Crippen LogP contribution in [0.4, 0.5) is 5.69 Å². The molecular formula is C25H21N3O3. The molecule has 0 saturated carbocycles. The van der Waals surface area contributed by atoms with Crippen LogP contribution < -0.4 is 10.2 Å². The highest BCUT2D eigenvalue weighted by molar-refractivity contribution is 6.07. The number of anilines is 1. The molecule has 2 amide bonds. The first kappa shape index (κ1) is 19.1. The van der Waals surface area contributed by atoms with Gasteiger partial charge in [0.2, 0.25) is 5.91 Å². The van der Waals surface area contributed by atoms with Crippen molar-refractivity contribution in [3.05, 3.63) is 83.6 Å². The second kappa shape index (κ2) is 7.72. The van der Waals surface area contributed by atoms with Gasteiger partial charge in [-0.15, -0.1) is 0 Å². The Morgan fingerprint density at radius 2 is 1.97 bits per heavy atom. The molecule has 2 aromatic heterocycles. The molecule has 3 heterocycles. The largest absolute Gasteiger partial charge is 0.463 e. The Balaban J connectivity index is 1.41. The van der Waals surface area contributed by atoms with Crippen LogP contribution in [0.25, 0.3) is 22.4 Å². The van der Waals surface area contributed by atoms with E-state index in [0.29, 0.717) is 30.1 Å². The quantitative estimate of drug-likeness (QED) is 0.542. The van der Waals surface area contributed by atoms with E-state index in [1.54, 1.807) is 30.2 Å². The standard InChI is InChI=1S/C25H21N3O3/c1-16(29)28-11-10-18-13-17(8-9-23(18)28)15-26-25(30)20-14-22(24-7-4-12-31-24)27-21-6-3-2-5-19(20)21/h2-9,12-14H,10-11,15H2,1H3,(H,26,30). The number of furan rings is 1. The van der Waals surface area contributed by atoms with Gasteiger partial charge in [0, 0.05) is 31.1 Å². The van der Waals surface area contributed by atoms with Gasteiger partial charge >= 0.3 is 0 Å². The summed E-state index contributed by atoms with van der Waals surface area (Å²) < 4.78 is 5.48. The van der Waals surface area contributed by atoms with Crippen molar-refractivity contribution in [1.82, 2.24) is 10.3 Å². The van der Waals surface area contributed by atoms with Crippen LogP contribution >= 0.6 is 0 Å². The van der Waals surface area contributed by atoms with Gasteiger partial charge in [0.25, 0.3) is 5.91 Å². The van der Waals surface area contributed by atoms with E-state index in [9.17, 15) is 9.59 Å². The van der Waals surface area contributed by atoms with Crippen molar-refractivity contribution in [2.24, 2.45) is 0 Å². The fourth-order valence-corrected chi connectivity index (χ4v) is 4.08. The average molecular weight is 411 g/mol. The number of nitrogens with zero attached hydrogens (tertiary/aromatic N) is 2. The molecule has 1 aliphatic rings. The molecule has 0 bridgehead atoms. The Bertz CT molecular complexity index is 1290. The first-order chi connectivity index (χ1) is 15.1. The van der Waals surface area contributed by atoms with Crippen molar-refractivity contribution in [2.75, 3.05) is 11.4 Å². The number of rotatable bonds is 4. The van der Waals surface area contributed by atoms with Gasteiger partial charge in [0.05, 0.1) is 17.3 Å². The van der Waals surface area contributed by atoms with Crippen molar-refractivity contribution >= 4 is 28.4 Å². The summed E-state index contributed by atoms with van der Waals surface area (Å²) in [5, 5.41) is 3.82. The predicted octanol–water partition coefficient (Wildman–Crippen LogP) is 4.33. The van der Waals surface area contributed by atoms with Crippen LogP contribution in [0, 0.1) is 0 Å². The lowest BCUT2D eigenvalue weighted by atomic mass is 10.1. The number of nitrogens with one attached hydrogen (secondary N) is 1. The highest BCUT2D eigenvalue weighted by Gasteiger charge is 2.22. The Morgan fingerprint density at radius 1 is 1.10 bits per heavy atom. The number of fused-ring (bicyclic) bond motifs is 2. The SMILES string of the molecule is CC(=O)N1CCc2cc(CNC(=O)c3cc(-c4ccco4)nc4ccccc34)ccc21. The van der Waals surface area contributed by atoms with Gasteiger partial charge in [0.1, 0.15) is 5.69 Å². The zero-order valence-electron chi connectivity index (χ0n) is 17.1. The van der Waals surface area contributed by atoms with Gasteiger partial charge in [-0.05, 0) is 47.9 Å². The van der Waals surface area contributed by atoms with Crippen LogP contribution in [-0.4, -0.2) is 23.3 Å². The molecule has 5 rings (SSSR count). The van der Waals surface area contributed by atoms with Crippen LogP contribution in [0.15, 0.2) is 71.3 Å². The molecule has 154 valence electrons. The number of hydrogen-bond acceptors (Lipinski definition) is 4. The van der Waals surface area contributed by atoms with E-state index in [1.165, 1.54) is 0 Å². The van der Waals surface area contributed by atoms with E-state index in [1.807, 2.05) is 42.5 Å². The lowest BCUT2D eigenvalue weighted by Crippen LogP contribution is -2.25. The second-order valence-corrected chi connectivity index (χ2v) is 7.62. The number of hydrogen-bond donors (Lipinski definition) is 1. The number of benzene rings is 2. The average Bonchev–Trinajstić information content (AvgIpc) is 3.46. The summed E-state index contributed by atoms with van der Waals surface area (Å²) in [5.74, 6) is 0.502. The number of carbonyl (C=O) groups excluding carboxylic acids is 2. The smallest absolute Gasteiger partial charge is 0.252 e. The van der Waals surface area contributed by atoms with E-state index >= 15 is 0 Å². The molecule has 0 aliphatic carbocycles. The molecule has 0 atom stereocenters. The fraction of sp³-hybridized carbons (Fsp3) is 0.160. The molecule has 1 N–H and O–H groups in total. The molecule has 4 aromatic rings. The zero-order valence-corrected chi connectivity index (χ0v) is 17.1. The number of para-hydroxylation sites is 1. The first-order valence-electron chi connectivity index (χ1n) is 10.2. The molecule has 2 aromatic carbocycles. The van der Waals surface area contributed by atoms with Crippen LogP contribution in [0.3, 0.4) is 0 Å². The van der Waals surface area contributed by atoms with E-state index in [-0.39, 0.29) is 11.8 Å². The summed E-state index contributed by atoms with van der Waals surface area (Å²) in [7, 11) is 0. The third-order valence-corrected chi connectivity index (χ3v) is 5.61. The van der Waals surface area contributed by atoms with E-state index in [2.05, 4.69) is 16.4 Å². The molecule has 0 fully saturated rings. The number of pyridine rings is 1. The van der Waals surface area contributed by atoms with Crippen LogP contribution in [0.2, 0.25) is 0 Å². The second-order valence-electron chi connectivity index (χ2n) is 7.62. The summed E-state index contributed by atoms with van der Waals surface area (Å²) in [4.78, 5) is 31.3. The van der Waals surface area contributed by atoms with Crippen molar-refractivity contribution in [2.45, 2.75) is 19.9 Å². The van der Waals surface area contributed by atoms with E-state index < -0.39 is 0 Å². The minimum absolute atomic E-state index is 0.0525. The molecular weight excluding hydrogens is 390 g/mol. The minimum atomic E-state index is -0.169.